The summed E-state index contributed by atoms with van der Waals surface area (Å²) in [6.07, 6.45) is 5.28. The molecule has 0 aliphatic heterocycles. The number of hydrogen-bond acceptors (Lipinski definition) is 3. The van der Waals surface area contributed by atoms with E-state index in [1.165, 1.54) is 12.8 Å². The van der Waals surface area contributed by atoms with E-state index >= 15 is 0 Å². The minimum atomic E-state index is -3.11. The second kappa shape index (κ2) is 7.48. The molecule has 16 heavy (non-hydrogen) atoms. The van der Waals surface area contributed by atoms with Gasteiger partial charge in [-0.3, -0.25) is 0 Å². The average Bonchev–Trinajstić information content (AvgIpc) is 2.67. The van der Waals surface area contributed by atoms with Crippen LogP contribution in [0.5, 0.6) is 0 Å². The summed E-state index contributed by atoms with van der Waals surface area (Å²) < 4.78 is 25.9. The Morgan fingerprint density at radius 2 is 1.94 bits per heavy atom. The first kappa shape index (κ1) is 16.2. The maximum atomic E-state index is 11.6. The van der Waals surface area contributed by atoms with Crippen molar-refractivity contribution < 1.29 is 8.42 Å². The van der Waals surface area contributed by atoms with Gasteiger partial charge in [-0.15, -0.1) is 12.4 Å². The van der Waals surface area contributed by atoms with Gasteiger partial charge in [-0.2, -0.15) is 0 Å². The molecule has 1 aliphatic rings. The van der Waals surface area contributed by atoms with Gasteiger partial charge in [0.15, 0.2) is 0 Å². The Kier molecular flexibility index (Phi) is 7.55. The molecule has 4 nitrogen and oxygen atoms in total. The quantitative estimate of drug-likeness (QED) is 0.763. The predicted octanol–water partition coefficient (Wildman–Crippen LogP) is 1.26. The van der Waals surface area contributed by atoms with Gasteiger partial charge in [0.05, 0.1) is 5.75 Å². The summed E-state index contributed by atoms with van der Waals surface area (Å²) in [5, 5.41) is 0. The Morgan fingerprint density at radius 3 is 2.38 bits per heavy atom. The van der Waals surface area contributed by atoms with E-state index in [9.17, 15) is 8.42 Å². The minimum absolute atomic E-state index is 0. The number of hydrogen-bond donors (Lipinski definition) is 2. The summed E-state index contributed by atoms with van der Waals surface area (Å²) in [6.45, 7) is 2.28. The number of nitrogens with one attached hydrogen (secondary N) is 1. The van der Waals surface area contributed by atoms with E-state index in [0.29, 0.717) is 18.9 Å². The molecule has 0 amide bonds. The highest BCUT2D eigenvalue weighted by molar-refractivity contribution is 7.89. The van der Waals surface area contributed by atoms with E-state index < -0.39 is 10.0 Å². The van der Waals surface area contributed by atoms with Gasteiger partial charge in [0.2, 0.25) is 10.0 Å². The first-order valence-corrected chi connectivity index (χ1v) is 7.44. The van der Waals surface area contributed by atoms with Crippen LogP contribution in [0.4, 0.5) is 0 Å². The highest BCUT2D eigenvalue weighted by Crippen LogP contribution is 2.27. The molecule has 1 fully saturated rings. The second-order valence-electron chi connectivity index (χ2n) is 4.32. The molecule has 98 valence electrons. The van der Waals surface area contributed by atoms with E-state index in [4.69, 9.17) is 5.73 Å². The van der Waals surface area contributed by atoms with E-state index in [-0.39, 0.29) is 24.2 Å². The Labute approximate surface area is 105 Å². The summed E-state index contributed by atoms with van der Waals surface area (Å²) in [5.74, 6) is 0.651. The first-order chi connectivity index (χ1) is 7.09. The summed E-state index contributed by atoms with van der Waals surface area (Å²) >= 11 is 0. The monoisotopic (exact) mass is 270 g/mol. The van der Waals surface area contributed by atoms with Crippen molar-refractivity contribution in [3.63, 3.8) is 0 Å². The van der Waals surface area contributed by atoms with Crippen LogP contribution in [0.15, 0.2) is 0 Å². The van der Waals surface area contributed by atoms with Crippen molar-refractivity contribution >= 4 is 22.4 Å². The lowest BCUT2D eigenvalue weighted by Crippen LogP contribution is -2.45. The Morgan fingerprint density at radius 1 is 1.38 bits per heavy atom. The maximum Gasteiger partial charge on any atom is 0.211 e. The Bertz CT molecular complexity index is 277. The minimum Gasteiger partial charge on any atom is -0.329 e. The van der Waals surface area contributed by atoms with Crippen LogP contribution in [0.2, 0.25) is 0 Å². The molecule has 0 radical (unpaired) electrons. The number of nitrogens with two attached hydrogens (primary N) is 1. The lowest BCUT2D eigenvalue weighted by Gasteiger charge is -2.22. The molecular weight excluding hydrogens is 248 g/mol. The molecule has 0 aromatic rings. The van der Waals surface area contributed by atoms with Crippen molar-refractivity contribution in [2.24, 2.45) is 11.7 Å². The summed E-state index contributed by atoms with van der Waals surface area (Å²) in [5.41, 5.74) is 5.63. The fourth-order valence-corrected chi connectivity index (χ4v) is 3.66. The van der Waals surface area contributed by atoms with Gasteiger partial charge in [-0.25, -0.2) is 13.1 Å². The van der Waals surface area contributed by atoms with Crippen LogP contribution >= 0.6 is 12.4 Å². The van der Waals surface area contributed by atoms with Crippen molar-refractivity contribution in [1.29, 1.82) is 0 Å². The Hall–Kier alpha value is 0.160. The van der Waals surface area contributed by atoms with Gasteiger partial charge in [-0.05, 0) is 25.2 Å². The number of sulfonamides is 1. The molecule has 1 atom stereocenters. The molecule has 0 aromatic heterocycles. The van der Waals surface area contributed by atoms with Gasteiger partial charge in [-0.1, -0.05) is 19.8 Å². The van der Waals surface area contributed by atoms with Gasteiger partial charge in [0, 0.05) is 12.6 Å². The van der Waals surface area contributed by atoms with Crippen LogP contribution in [0.25, 0.3) is 0 Å². The molecular formula is C10H23ClN2O2S. The third-order valence-electron chi connectivity index (χ3n) is 3.03. The fourth-order valence-electron chi connectivity index (χ4n) is 2.25. The van der Waals surface area contributed by atoms with Crippen LogP contribution < -0.4 is 10.5 Å². The zero-order valence-corrected chi connectivity index (χ0v) is 11.4. The molecule has 0 bridgehead atoms. The van der Waals surface area contributed by atoms with Gasteiger partial charge >= 0.3 is 0 Å². The number of rotatable bonds is 6. The third-order valence-corrected chi connectivity index (χ3v) is 4.63. The maximum absolute atomic E-state index is 11.6. The molecule has 1 rings (SSSR count). The zero-order chi connectivity index (χ0) is 11.3. The molecule has 0 saturated heterocycles. The molecule has 0 aromatic carbocycles. The van der Waals surface area contributed by atoms with Crippen molar-refractivity contribution in [2.75, 3.05) is 12.3 Å². The van der Waals surface area contributed by atoms with Crippen molar-refractivity contribution in [3.05, 3.63) is 0 Å². The Balaban J connectivity index is 0.00000225. The van der Waals surface area contributed by atoms with E-state index in [2.05, 4.69) is 4.72 Å². The predicted molar refractivity (Wildman–Crippen MR) is 69.3 cm³/mol. The normalized spacial score (nSPS) is 19.4. The molecule has 1 aliphatic carbocycles. The zero-order valence-electron chi connectivity index (χ0n) is 9.81. The van der Waals surface area contributed by atoms with E-state index in [0.717, 1.165) is 12.8 Å². The largest absolute Gasteiger partial charge is 0.329 e. The van der Waals surface area contributed by atoms with Crippen LogP contribution in [0, 0.1) is 5.92 Å². The van der Waals surface area contributed by atoms with E-state index in [1.54, 1.807) is 0 Å². The molecule has 0 heterocycles. The summed E-state index contributed by atoms with van der Waals surface area (Å²) in [6, 6.07) is -0.0518. The highest BCUT2D eigenvalue weighted by atomic mass is 35.5. The van der Waals surface area contributed by atoms with Gasteiger partial charge in [0.25, 0.3) is 0 Å². The molecule has 3 N–H and O–H groups in total. The van der Waals surface area contributed by atoms with Crippen LogP contribution in [0.3, 0.4) is 0 Å². The van der Waals surface area contributed by atoms with E-state index in [1.807, 2.05) is 6.92 Å². The van der Waals surface area contributed by atoms with Crippen molar-refractivity contribution in [3.8, 4) is 0 Å². The topological polar surface area (TPSA) is 72.2 Å². The lowest BCUT2D eigenvalue weighted by molar-refractivity contribution is 0.405. The average molecular weight is 271 g/mol. The summed E-state index contributed by atoms with van der Waals surface area (Å²) in [4.78, 5) is 0. The second-order valence-corrected chi connectivity index (χ2v) is 6.20. The van der Waals surface area contributed by atoms with Crippen molar-refractivity contribution in [1.82, 2.24) is 4.72 Å². The molecule has 1 saturated carbocycles. The first-order valence-electron chi connectivity index (χ1n) is 5.79. The van der Waals surface area contributed by atoms with Gasteiger partial charge in [0.1, 0.15) is 0 Å². The van der Waals surface area contributed by atoms with Gasteiger partial charge < -0.3 is 5.73 Å². The van der Waals surface area contributed by atoms with Crippen LogP contribution in [-0.4, -0.2) is 26.8 Å². The van der Waals surface area contributed by atoms with Crippen LogP contribution in [-0.2, 0) is 10.0 Å². The van der Waals surface area contributed by atoms with Crippen molar-refractivity contribution in [2.45, 2.75) is 45.1 Å². The standard InChI is InChI=1S/C10H22N2O2S.ClH/c1-2-7-15(13,14)12-10(8-11)9-5-3-4-6-9;/h9-10,12H,2-8,11H2,1H3;1H. The van der Waals surface area contributed by atoms with Crippen LogP contribution in [0.1, 0.15) is 39.0 Å². The molecule has 1 unspecified atom stereocenters. The third kappa shape index (κ3) is 4.99. The SMILES string of the molecule is CCCS(=O)(=O)NC(CN)C1CCCC1.Cl. The fraction of sp³-hybridized carbons (Fsp3) is 1.00. The molecule has 0 spiro atoms. The summed E-state index contributed by atoms with van der Waals surface area (Å²) in [7, 11) is -3.11. The smallest absolute Gasteiger partial charge is 0.211 e. The molecule has 6 heteroatoms. The highest BCUT2D eigenvalue weighted by Gasteiger charge is 2.26. The number of halogens is 1. The lowest BCUT2D eigenvalue weighted by atomic mass is 9.99.